The van der Waals surface area contributed by atoms with Crippen molar-refractivity contribution >= 4 is 23.4 Å². The maximum absolute atomic E-state index is 12.3. The lowest BCUT2D eigenvalue weighted by atomic mass is 9.80. The molecule has 2 fully saturated rings. The largest absolute Gasteiger partial charge is 0.373 e. The zero-order valence-electron chi connectivity index (χ0n) is 12.9. The number of hydrogen-bond acceptors (Lipinski definition) is 3. The fraction of sp³-hybridized carbons (Fsp3) is 0.733. The Bertz CT molecular complexity index is 540. The molecule has 1 saturated carbocycles. The molecule has 1 aromatic rings. The summed E-state index contributed by atoms with van der Waals surface area (Å²) in [6, 6.07) is -0.191. The van der Waals surface area contributed by atoms with Crippen molar-refractivity contribution in [1.82, 2.24) is 15.1 Å². The number of aromatic nitrogens is 2. The van der Waals surface area contributed by atoms with Crippen molar-refractivity contribution in [3.05, 3.63) is 11.2 Å². The second kappa shape index (κ2) is 6.46. The summed E-state index contributed by atoms with van der Waals surface area (Å²) >= 11 is 6.08. The van der Waals surface area contributed by atoms with Crippen LogP contribution < -0.4 is 10.6 Å². The maximum atomic E-state index is 12.3. The molecule has 1 spiro atoms. The Balaban J connectivity index is 1.62. The van der Waals surface area contributed by atoms with E-state index in [0.717, 1.165) is 25.9 Å². The van der Waals surface area contributed by atoms with Gasteiger partial charge in [-0.3, -0.25) is 10.00 Å². The van der Waals surface area contributed by atoms with E-state index in [1.54, 1.807) is 10.9 Å². The minimum Gasteiger partial charge on any atom is -0.373 e. The molecule has 1 aromatic heterocycles. The normalized spacial score (nSPS) is 23.6. The number of anilines is 1. The van der Waals surface area contributed by atoms with Gasteiger partial charge in [-0.2, -0.15) is 5.10 Å². The van der Waals surface area contributed by atoms with Gasteiger partial charge in [0.15, 0.2) is 5.82 Å². The van der Waals surface area contributed by atoms with Crippen LogP contribution in [0, 0.1) is 0 Å². The Morgan fingerprint density at radius 2 is 2.27 bits per heavy atom. The molecule has 1 unspecified atom stereocenters. The van der Waals surface area contributed by atoms with Gasteiger partial charge in [0, 0.05) is 19.3 Å². The number of halogens is 1. The van der Waals surface area contributed by atoms with Crippen molar-refractivity contribution in [2.75, 3.05) is 11.9 Å². The number of urea groups is 1. The Hall–Kier alpha value is -1.27. The minimum atomic E-state index is -0.260. The van der Waals surface area contributed by atoms with Crippen LogP contribution in [0.3, 0.4) is 0 Å². The van der Waals surface area contributed by atoms with Gasteiger partial charge >= 0.3 is 6.03 Å². The number of nitrogens with one attached hydrogen (secondary N) is 2. The first kappa shape index (κ1) is 15.6. The molecule has 122 valence electrons. The van der Waals surface area contributed by atoms with Crippen molar-refractivity contribution < 1.29 is 9.53 Å². The van der Waals surface area contributed by atoms with Crippen molar-refractivity contribution in [3.8, 4) is 0 Å². The van der Waals surface area contributed by atoms with Crippen molar-refractivity contribution in [2.24, 2.45) is 0 Å². The van der Waals surface area contributed by atoms with Crippen LogP contribution in [-0.4, -0.2) is 34.1 Å². The van der Waals surface area contributed by atoms with Crippen molar-refractivity contribution in [3.63, 3.8) is 0 Å². The van der Waals surface area contributed by atoms with Gasteiger partial charge in [-0.15, -0.1) is 0 Å². The standard InChI is InChI=1S/C15H23ClN4O2/c1-2-20-10-11(16)13(19-20)18-14(21)17-12-6-9-22-15(12)7-4-3-5-8-15/h10,12H,2-9H2,1H3,(H2,17,18,19,21). The van der Waals surface area contributed by atoms with E-state index in [1.807, 2.05) is 6.92 Å². The molecular weight excluding hydrogens is 304 g/mol. The lowest BCUT2D eigenvalue weighted by molar-refractivity contribution is -0.0365. The van der Waals surface area contributed by atoms with E-state index in [4.69, 9.17) is 16.3 Å². The summed E-state index contributed by atoms with van der Waals surface area (Å²) in [6.07, 6.45) is 8.24. The summed E-state index contributed by atoms with van der Waals surface area (Å²) in [4.78, 5) is 12.3. The molecule has 0 radical (unpaired) electrons. The van der Waals surface area contributed by atoms with Crippen LogP contribution >= 0.6 is 11.6 Å². The number of amides is 2. The lowest BCUT2D eigenvalue weighted by Crippen LogP contribution is -2.52. The number of rotatable bonds is 3. The van der Waals surface area contributed by atoms with Gasteiger partial charge in [0.25, 0.3) is 0 Å². The van der Waals surface area contributed by atoms with E-state index < -0.39 is 0 Å². The third kappa shape index (κ3) is 3.08. The van der Waals surface area contributed by atoms with E-state index in [-0.39, 0.29) is 17.7 Å². The highest BCUT2D eigenvalue weighted by Gasteiger charge is 2.45. The molecule has 6 nitrogen and oxygen atoms in total. The number of aryl methyl sites for hydroxylation is 1. The molecule has 1 aliphatic heterocycles. The Kier molecular flexibility index (Phi) is 4.59. The molecule has 1 atom stereocenters. The van der Waals surface area contributed by atoms with E-state index in [9.17, 15) is 4.79 Å². The van der Waals surface area contributed by atoms with Gasteiger partial charge in [-0.1, -0.05) is 30.9 Å². The Labute approximate surface area is 135 Å². The molecule has 1 saturated heterocycles. The molecule has 0 bridgehead atoms. The van der Waals surface area contributed by atoms with Gasteiger partial charge in [-0.25, -0.2) is 4.79 Å². The fourth-order valence-electron chi connectivity index (χ4n) is 3.54. The first-order valence-electron chi connectivity index (χ1n) is 8.07. The third-order valence-corrected chi connectivity index (χ3v) is 4.99. The van der Waals surface area contributed by atoms with Crippen molar-refractivity contribution in [2.45, 2.75) is 63.6 Å². The number of hydrogen-bond donors (Lipinski definition) is 2. The first-order valence-corrected chi connectivity index (χ1v) is 8.45. The van der Waals surface area contributed by atoms with E-state index in [2.05, 4.69) is 15.7 Å². The van der Waals surface area contributed by atoms with E-state index in [1.165, 1.54) is 19.3 Å². The van der Waals surface area contributed by atoms with Crippen LogP contribution in [0.25, 0.3) is 0 Å². The molecule has 2 aliphatic rings. The molecule has 0 aromatic carbocycles. The van der Waals surface area contributed by atoms with Crippen molar-refractivity contribution in [1.29, 1.82) is 0 Å². The van der Waals surface area contributed by atoms with Crippen LogP contribution in [0.2, 0.25) is 5.02 Å². The van der Waals surface area contributed by atoms with Crippen LogP contribution in [0.4, 0.5) is 10.6 Å². The zero-order chi connectivity index (χ0) is 15.6. The fourth-order valence-corrected chi connectivity index (χ4v) is 3.73. The molecule has 2 N–H and O–H groups in total. The first-order chi connectivity index (χ1) is 10.6. The lowest BCUT2D eigenvalue weighted by Gasteiger charge is -2.37. The second-order valence-electron chi connectivity index (χ2n) is 6.09. The monoisotopic (exact) mass is 326 g/mol. The molecule has 1 aliphatic carbocycles. The summed E-state index contributed by atoms with van der Waals surface area (Å²) in [5, 5.41) is 10.5. The van der Waals surface area contributed by atoms with Gasteiger partial charge in [0.05, 0.1) is 11.6 Å². The SMILES string of the molecule is CCn1cc(Cl)c(NC(=O)NC2CCOC23CCCCC3)n1. The summed E-state index contributed by atoms with van der Waals surface area (Å²) in [7, 11) is 0. The van der Waals surface area contributed by atoms with Crippen LogP contribution in [0.1, 0.15) is 45.4 Å². The zero-order valence-corrected chi connectivity index (χ0v) is 13.7. The third-order valence-electron chi connectivity index (χ3n) is 4.71. The Morgan fingerprint density at radius 3 is 2.95 bits per heavy atom. The summed E-state index contributed by atoms with van der Waals surface area (Å²) < 4.78 is 7.70. The van der Waals surface area contributed by atoms with Gasteiger partial charge in [0.2, 0.25) is 0 Å². The molecule has 2 amide bonds. The Morgan fingerprint density at radius 1 is 1.50 bits per heavy atom. The van der Waals surface area contributed by atoms with Crippen LogP contribution in [0.15, 0.2) is 6.20 Å². The minimum absolute atomic E-state index is 0.0693. The summed E-state index contributed by atoms with van der Waals surface area (Å²) in [6.45, 7) is 3.40. The number of nitrogens with zero attached hydrogens (tertiary/aromatic N) is 2. The predicted octanol–water partition coefficient (Wildman–Crippen LogP) is 3.17. The summed E-state index contributed by atoms with van der Waals surface area (Å²) in [5.74, 6) is 0.401. The smallest absolute Gasteiger partial charge is 0.320 e. The molecule has 3 rings (SSSR count). The highest BCUT2D eigenvalue weighted by Crippen LogP contribution is 2.39. The van der Waals surface area contributed by atoms with Gasteiger partial charge in [-0.05, 0) is 26.2 Å². The molecular formula is C15H23ClN4O2. The van der Waals surface area contributed by atoms with Gasteiger partial charge < -0.3 is 10.1 Å². The van der Waals surface area contributed by atoms with E-state index in [0.29, 0.717) is 17.4 Å². The number of ether oxygens (including phenoxy) is 1. The highest BCUT2D eigenvalue weighted by molar-refractivity contribution is 6.33. The van der Waals surface area contributed by atoms with Crippen LogP contribution in [-0.2, 0) is 11.3 Å². The topological polar surface area (TPSA) is 68.2 Å². The number of carbonyl (C=O) groups is 1. The second-order valence-corrected chi connectivity index (χ2v) is 6.50. The van der Waals surface area contributed by atoms with Gasteiger partial charge in [0.1, 0.15) is 5.02 Å². The predicted molar refractivity (Wildman–Crippen MR) is 85.2 cm³/mol. The van der Waals surface area contributed by atoms with E-state index >= 15 is 0 Å². The highest BCUT2D eigenvalue weighted by atomic mass is 35.5. The molecule has 22 heavy (non-hydrogen) atoms. The molecule has 2 heterocycles. The van der Waals surface area contributed by atoms with Crippen LogP contribution in [0.5, 0.6) is 0 Å². The average molecular weight is 327 g/mol. The maximum Gasteiger partial charge on any atom is 0.320 e. The summed E-state index contributed by atoms with van der Waals surface area (Å²) in [5.41, 5.74) is -0.165. The number of carbonyl (C=O) groups excluding carboxylic acids is 1. The quantitative estimate of drug-likeness (QED) is 0.896. The average Bonchev–Trinajstić information content (AvgIpc) is 3.05. The molecule has 7 heteroatoms.